The number of benzene rings is 1. The number of carbonyl (C=O) groups excluding carboxylic acids is 1. The molecule has 5 nitrogen and oxygen atoms in total. The summed E-state index contributed by atoms with van der Waals surface area (Å²) >= 11 is 1.64. The fraction of sp³-hybridized carbons (Fsp3) is 0.611. The van der Waals surface area contributed by atoms with E-state index >= 15 is 0 Å². The second kappa shape index (κ2) is 13.1. The summed E-state index contributed by atoms with van der Waals surface area (Å²) in [6, 6.07) is 7.99. The average Bonchev–Trinajstić information content (AvgIpc) is 2.60. The Kier molecular flexibility index (Phi) is 11.4. The first-order valence-corrected chi connectivity index (χ1v) is 9.50. The molecule has 1 aromatic carbocycles. The van der Waals surface area contributed by atoms with E-state index in [9.17, 15) is 4.79 Å². The van der Waals surface area contributed by atoms with Crippen LogP contribution < -0.4 is 4.74 Å². The van der Waals surface area contributed by atoms with Crippen LogP contribution in [0.4, 0.5) is 0 Å². The Morgan fingerprint density at radius 3 is 2.33 bits per heavy atom. The lowest BCUT2D eigenvalue weighted by atomic mass is 10.2. The highest BCUT2D eigenvalue weighted by Crippen LogP contribution is 2.17. The van der Waals surface area contributed by atoms with Crippen molar-refractivity contribution in [3.05, 3.63) is 29.8 Å². The van der Waals surface area contributed by atoms with E-state index in [0.717, 1.165) is 24.6 Å². The lowest BCUT2D eigenvalue weighted by Crippen LogP contribution is -2.31. The Morgan fingerprint density at radius 2 is 1.71 bits per heavy atom. The van der Waals surface area contributed by atoms with Crippen molar-refractivity contribution in [3.8, 4) is 5.75 Å². The fourth-order valence-electron chi connectivity index (χ4n) is 2.07. The highest BCUT2D eigenvalue weighted by atomic mass is 32.2. The van der Waals surface area contributed by atoms with Crippen LogP contribution in [0.3, 0.4) is 0 Å². The number of hydrogen-bond acceptors (Lipinski definition) is 5. The zero-order valence-electron chi connectivity index (χ0n) is 15.0. The number of nitrogens with zero attached hydrogens (tertiary/aromatic N) is 1. The minimum Gasteiger partial charge on any atom is -0.491 e. The lowest BCUT2D eigenvalue weighted by molar-refractivity contribution is -0.127. The smallest absolute Gasteiger partial charge is 0.232 e. The minimum absolute atomic E-state index is 0.207. The van der Waals surface area contributed by atoms with Gasteiger partial charge in [-0.1, -0.05) is 12.1 Å². The molecular weight excluding hydrogens is 326 g/mol. The van der Waals surface area contributed by atoms with E-state index in [1.54, 1.807) is 18.9 Å². The third kappa shape index (κ3) is 8.57. The summed E-state index contributed by atoms with van der Waals surface area (Å²) in [4.78, 5) is 13.8. The molecule has 0 aromatic heterocycles. The summed E-state index contributed by atoms with van der Waals surface area (Å²) in [6.45, 7) is 7.82. The molecule has 0 aliphatic rings. The van der Waals surface area contributed by atoms with Crippen LogP contribution in [0.25, 0.3) is 0 Å². The highest BCUT2D eigenvalue weighted by Gasteiger charge is 2.09. The molecule has 0 bridgehead atoms. The Bertz CT molecular complexity index is 449. The molecule has 0 aliphatic heterocycles. The van der Waals surface area contributed by atoms with Gasteiger partial charge in [0, 0.05) is 26.0 Å². The van der Waals surface area contributed by atoms with Gasteiger partial charge >= 0.3 is 0 Å². The standard InChI is InChI=1S/C18H29NO4S/c1-4-19(5-2)18(20)15-24-14-16-6-8-17(9-7-16)23-13-12-22-11-10-21-3/h6-9H,4-5,10-15H2,1-3H3. The van der Waals surface area contributed by atoms with Crippen LogP contribution in [0.5, 0.6) is 5.75 Å². The molecule has 1 amide bonds. The minimum atomic E-state index is 0.207. The Labute approximate surface area is 149 Å². The molecule has 24 heavy (non-hydrogen) atoms. The zero-order chi connectivity index (χ0) is 17.6. The summed E-state index contributed by atoms with van der Waals surface area (Å²) in [5, 5.41) is 0. The Hall–Kier alpha value is -1.24. The molecule has 6 heteroatoms. The number of rotatable bonds is 13. The Morgan fingerprint density at radius 1 is 1.04 bits per heavy atom. The molecular formula is C18H29NO4S. The quantitative estimate of drug-likeness (QED) is 0.509. The molecule has 0 aliphatic carbocycles. The van der Waals surface area contributed by atoms with Crippen LogP contribution in [0.2, 0.25) is 0 Å². The number of ether oxygens (including phenoxy) is 3. The predicted molar refractivity (Wildman–Crippen MR) is 98.7 cm³/mol. The van der Waals surface area contributed by atoms with Gasteiger partial charge in [0.2, 0.25) is 5.91 Å². The third-order valence-corrected chi connectivity index (χ3v) is 4.45. The van der Waals surface area contributed by atoms with Crippen molar-refractivity contribution in [3.63, 3.8) is 0 Å². The maximum absolute atomic E-state index is 11.9. The van der Waals surface area contributed by atoms with Gasteiger partial charge in [0.1, 0.15) is 12.4 Å². The van der Waals surface area contributed by atoms with Gasteiger partial charge in [-0.05, 0) is 31.5 Å². The molecule has 0 unspecified atom stereocenters. The van der Waals surface area contributed by atoms with E-state index in [0.29, 0.717) is 32.2 Å². The van der Waals surface area contributed by atoms with Crippen LogP contribution in [-0.2, 0) is 20.0 Å². The lowest BCUT2D eigenvalue weighted by Gasteiger charge is -2.18. The van der Waals surface area contributed by atoms with Gasteiger partial charge in [-0.3, -0.25) is 4.79 Å². The zero-order valence-corrected chi connectivity index (χ0v) is 15.8. The van der Waals surface area contributed by atoms with Crippen molar-refractivity contribution in [2.75, 3.05) is 52.4 Å². The first-order valence-electron chi connectivity index (χ1n) is 8.35. The van der Waals surface area contributed by atoms with Crippen molar-refractivity contribution in [1.82, 2.24) is 4.90 Å². The van der Waals surface area contributed by atoms with E-state index in [-0.39, 0.29) is 5.91 Å². The van der Waals surface area contributed by atoms with E-state index < -0.39 is 0 Å². The number of thioether (sulfide) groups is 1. The molecule has 1 aromatic rings. The third-order valence-electron chi connectivity index (χ3n) is 3.46. The van der Waals surface area contributed by atoms with Gasteiger partial charge in [-0.15, -0.1) is 11.8 Å². The van der Waals surface area contributed by atoms with E-state index in [4.69, 9.17) is 14.2 Å². The van der Waals surface area contributed by atoms with Gasteiger partial charge in [0.15, 0.2) is 0 Å². The Balaban J connectivity index is 2.21. The average molecular weight is 356 g/mol. The van der Waals surface area contributed by atoms with Crippen LogP contribution in [0, 0.1) is 0 Å². The first kappa shape index (κ1) is 20.8. The number of carbonyl (C=O) groups is 1. The van der Waals surface area contributed by atoms with Crippen molar-refractivity contribution < 1.29 is 19.0 Å². The summed E-state index contributed by atoms with van der Waals surface area (Å²) in [5.41, 5.74) is 1.19. The largest absolute Gasteiger partial charge is 0.491 e. The SMILES string of the molecule is CCN(CC)C(=O)CSCc1ccc(OCCOCCOC)cc1. The van der Waals surface area contributed by atoms with E-state index in [2.05, 4.69) is 0 Å². The van der Waals surface area contributed by atoms with Gasteiger partial charge in [0.05, 0.1) is 25.6 Å². The molecule has 0 N–H and O–H groups in total. The molecule has 1 rings (SSSR count). The van der Waals surface area contributed by atoms with Crippen molar-refractivity contribution in [2.24, 2.45) is 0 Å². The number of amides is 1. The van der Waals surface area contributed by atoms with Crippen LogP contribution in [0.15, 0.2) is 24.3 Å². The van der Waals surface area contributed by atoms with E-state index in [1.807, 2.05) is 43.0 Å². The highest BCUT2D eigenvalue weighted by molar-refractivity contribution is 7.99. The topological polar surface area (TPSA) is 48.0 Å². The van der Waals surface area contributed by atoms with Gasteiger partial charge < -0.3 is 19.1 Å². The summed E-state index contributed by atoms with van der Waals surface area (Å²) in [6.07, 6.45) is 0. The van der Waals surface area contributed by atoms with Gasteiger partial charge in [-0.2, -0.15) is 0 Å². The molecule has 0 saturated carbocycles. The fourth-order valence-corrected chi connectivity index (χ4v) is 2.96. The second-order valence-corrected chi connectivity index (χ2v) is 6.14. The molecule has 0 saturated heterocycles. The maximum Gasteiger partial charge on any atom is 0.232 e. The first-order chi connectivity index (χ1) is 11.7. The van der Waals surface area contributed by atoms with Crippen LogP contribution in [0.1, 0.15) is 19.4 Å². The van der Waals surface area contributed by atoms with Crippen molar-refractivity contribution in [2.45, 2.75) is 19.6 Å². The summed E-state index contributed by atoms with van der Waals surface area (Å²) in [7, 11) is 1.65. The predicted octanol–water partition coefficient (Wildman–Crippen LogP) is 2.83. The normalized spacial score (nSPS) is 10.6. The van der Waals surface area contributed by atoms with Crippen LogP contribution >= 0.6 is 11.8 Å². The number of hydrogen-bond donors (Lipinski definition) is 0. The van der Waals surface area contributed by atoms with Gasteiger partial charge in [-0.25, -0.2) is 0 Å². The molecule has 0 radical (unpaired) electrons. The van der Waals surface area contributed by atoms with Crippen molar-refractivity contribution >= 4 is 17.7 Å². The maximum atomic E-state index is 11.9. The van der Waals surface area contributed by atoms with Crippen LogP contribution in [-0.4, -0.2) is 63.2 Å². The summed E-state index contributed by atoms with van der Waals surface area (Å²) in [5.74, 6) is 2.39. The van der Waals surface area contributed by atoms with Crippen molar-refractivity contribution in [1.29, 1.82) is 0 Å². The second-order valence-electron chi connectivity index (χ2n) is 5.16. The molecule has 0 atom stereocenters. The monoisotopic (exact) mass is 355 g/mol. The molecule has 0 spiro atoms. The number of methoxy groups -OCH3 is 1. The van der Waals surface area contributed by atoms with Gasteiger partial charge in [0.25, 0.3) is 0 Å². The molecule has 136 valence electrons. The molecule has 0 heterocycles. The van der Waals surface area contributed by atoms with E-state index in [1.165, 1.54) is 5.56 Å². The molecule has 0 fully saturated rings. The summed E-state index contributed by atoms with van der Waals surface area (Å²) < 4.78 is 15.9.